The van der Waals surface area contributed by atoms with Crippen LogP contribution in [0.1, 0.15) is 17.5 Å². The number of nitrogens with two attached hydrogens (primary N) is 1. The summed E-state index contributed by atoms with van der Waals surface area (Å²) in [5.41, 5.74) is 4.41. The van der Waals surface area contributed by atoms with Gasteiger partial charge in [0.15, 0.2) is 0 Å². The van der Waals surface area contributed by atoms with Crippen molar-refractivity contribution in [3.05, 3.63) is 48.0 Å². The number of para-hydroxylation sites is 1. The average Bonchev–Trinajstić information content (AvgIpc) is 2.97. The Kier molecular flexibility index (Phi) is 2.58. The Morgan fingerprint density at radius 1 is 1.39 bits per heavy atom. The lowest BCUT2D eigenvalue weighted by Gasteiger charge is -2.12. The Morgan fingerprint density at radius 2 is 2.22 bits per heavy atom. The average molecular weight is 243 g/mol. The summed E-state index contributed by atoms with van der Waals surface area (Å²) in [5, 5.41) is 8.78. The Balaban J connectivity index is 2.09. The van der Waals surface area contributed by atoms with Crippen LogP contribution in [0.25, 0.3) is 11.0 Å². The Morgan fingerprint density at radius 3 is 2.89 bits per heavy atom. The number of nitrogens with one attached hydrogen (secondary N) is 1. The van der Waals surface area contributed by atoms with Crippen molar-refractivity contribution in [1.82, 2.24) is 20.4 Å². The number of furan rings is 1. The van der Waals surface area contributed by atoms with Gasteiger partial charge in [0.25, 0.3) is 0 Å². The summed E-state index contributed by atoms with van der Waals surface area (Å²) >= 11 is 0. The highest BCUT2D eigenvalue weighted by atomic mass is 16.3. The molecular weight excluding hydrogens is 230 g/mol. The molecule has 3 rings (SSSR count). The molecule has 0 saturated carbocycles. The predicted molar refractivity (Wildman–Crippen MR) is 66.4 cm³/mol. The maximum absolute atomic E-state index is 5.79. The first-order chi connectivity index (χ1) is 8.79. The summed E-state index contributed by atoms with van der Waals surface area (Å²) in [7, 11) is 1.81. The van der Waals surface area contributed by atoms with Crippen LogP contribution in [0.3, 0.4) is 0 Å². The number of benzene rings is 1. The van der Waals surface area contributed by atoms with Gasteiger partial charge < -0.3 is 4.42 Å². The molecule has 0 aliphatic heterocycles. The lowest BCUT2D eigenvalue weighted by atomic mass is 10.1. The summed E-state index contributed by atoms with van der Waals surface area (Å²) in [6, 6.07) is 9.53. The number of hydrazine groups is 1. The Bertz CT molecular complexity index is 639. The third-order valence-electron chi connectivity index (χ3n) is 2.94. The van der Waals surface area contributed by atoms with Crippen LogP contribution < -0.4 is 11.3 Å². The molecule has 0 aliphatic rings. The van der Waals surface area contributed by atoms with Gasteiger partial charge in [-0.05, 0) is 12.1 Å². The van der Waals surface area contributed by atoms with Crippen molar-refractivity contribution < 1.29 is 4.42 Å². The molecule has 0 fully saturated rings. The number of rotatable bonds is 3. The number of aromatic nitrogens is 3. The molecule has 2 aromatic heterocycles. The number of hydrogen-bond donors (Lipinski definition) is 2. The SMILES string of the molecule is Cn1nncc1C(NN)c1cc2ccccc2o1. The highest BCUT2D eigenvalue weighted by Gasteiger charge is 2.20. The van der Waals surface area contributed by atoms with E-state index in [9.17, 15) is 0 Å². The van der Waals surface area contributed by atoms with E-state index in [1.165, 1.54) is 0 Å². The van der Waals surface area contributed by atoms with Gasteiger partial charge in [0, 0.05) is 12.4 Å². The van der Waals surface area contributed by atoms with Crippen LogP contribution in [-0.2, 0) is 7.05 Å². The van der Waals surface area contributed by atoms with Crippen molar-refractivity contribution in [2.75, 3.05) is 0 Å². The molecule has 92 valence electrons. The molecule has 6 nitrogen and oxygen atoms in total. The number of hydrogen-bond acceptors (Lipinski definition) is 5. The molecule has 0 bridgehead atoms. The first-order valence-corrected chi connectivity index (χ1v) is 5.59. The monoisotopic (exact) mass is 243 g/mol. The van der Waals surface area contributed by atoms with Gasteiger partial charge in [-0.15, -0.1) is 5.10 Å². The lowest BCUT2D eigenvalue weighted by molar-refractivity contribution is 0.458. The summed E-state index contributed by atoms with van der Waals surface area (Å²) in [6.07, 6.45) is 1.66. The Labute approximate surface area is 103 Å². The van der Waals surface area contributed by atoms with Gasteiger partial charge in [-0.25, -0.2) is 5.43 Å². The second kappa shape index (κ2) is 4.25. The molecule has 1 unspecified atom stereocenters. The van der Waals surface area contributed by atoms with E-state index in [1.54, 1.807) is 10.9 Å². The maximum atomic E-state index is 5.79. The van der Waals surface area contributed by atoms with Gasteiger partial charge in [-0.1, -0.05) is 23.4 Å². The van der Waals surface area contributed by atoms with E-state index < -0.39 is 0 Å². The fourth-order valence-electron chi connectivity index (χ4n) is 2.02. The summed E-state index contributed by atoms with van der Waals surface area (Å²) in [5.74, 6) is 6.35. The van der Waals surface area contributed by atoms with Gasteiger partial charge in [0.05, 0.1) is 11.9 Å². The Hall–Kier alpha value is -2.18. The molecule has 1 aromatic carbocycles. The van der Waals surface area contributed by atoms with Crippen LogP contribution in [-0.4, -0.2) is 15.0 Å². The van der Waals surface area contributed by atoms with Crippen molar-refractivity contribution >= 4 is 11.0 Å². The normalized spacial score (nSPS) is 13.0. The summed E-state index contributed by atoms with van der Waals surface area (Å²) < 4.78 is 7.45. The van der Waals surface area contributed by atoms with Crippen molar-refractivity contribution in [1.29, 1.82) is 0 Å². The largest absolute Gasteiger partial charge is 0.459 e. The molecule has 6 heteroatoms. The van der Waals surface area contributed by atoms with Gasteiger partial charge in [-0.2, -0.15) is 0 Å². The number of nitrogens with zero attached hydrogens (tertiary/aromatic N) is 3. The van der Waals surface area contributed by atoms with Gasteiger partial charge in [0.2, 0.25) is 0 Å². The highest BCUT2D eigenvalue weighted by Crippen LogP contribution is 2.26. The van der Waals surface area contributed by atoms with Crippen LogP contribution in [0, 0.1) is 0 Å². The minimum absolute atomic E-state index is 0.266. The second-order valence-corrected chi connectivity index (χ2v) is 4.07. The molecule has 0 saturated heterocycles. The number of fused-ring (bicyclic) bond motifs is 1. The standard InChI is InChI=1S/C12H13N5O/c1-17-9(7-14-16-17)12(15-13)11-6-8-4-2-3-5-10(8)18-11/h2-7,12,15H,13H2,1H3. The molecule has 3 N–H and O–H groups in total. The maximum Gasteiger partial charge on any atom is 0.134 e. The topological polar surface area (TPSA) is 81.9 Å². The van der Waals surface area contributed by atoms with E-state index in [-0.39, 0.29) is 6.04 Å². The number of aryl methyl sites for hydroxylation is 1. The first-order valence-electron chi connectivity index (χ1n) is 5.59. The van der Waals surface area contributed by atoms with Crippen LogP contribution in [0.15, 0.2) is 40.9 Å². The van der Waals surface area contributed by atoms with E-state index >= 15 is 0 Å². The van der Waals surface area contributed by atoms with E-state index in [2.05, 4.69) is 15.7 Å². The van der Waals surface area contributed by atoms with E-state index in [0.717, 1.165) is 22.4 Å². The summed E-state index contributed by atoms with van der Waals surface area (Å²) in [4.78, 5) is 0. The zero-order valence-corrected chi connectivity index (χ0v) is 9.87. The van der Waals surface area contributed by atoms with Crippen LogP contribution in [0.5, 0.6) is 0 Å². The minimum Gasteiger partial charge on any atom is -0.459 e. The van der Waals surface area contributed by atoms with E-state index in [0.29, 0.717) is 0 Å². The fraction of sp³-hybridized carbons (Fsp3) is 0.167. The molecule has 2 heterocycles. The summed E-state index contributed by atoms with van der Waals surface area (Å²) in [6.45, 7) is 0. The van der Waals surface area contributed by atoms with Crippen molar-refractivity contribution in [3.8, 4) is 0 Å². The van der Waals surface area contributed by atoms with Crippen LogP contribution in [0.2, 0.25) is 0 Å². The smallest absolute Gasteiger partial charge is 0.134 e. The molecule has 0 radical (unpaired) electrons. The van der Waals surface area contributed by atoms with Gasteiger partial charge >= 0.3 is 0 Å². The predicted octanol–water partition coefficient (Wildman–Crippen LogP) is 1.11. The van der Waals surface area contributed by atoms with Crippen molar-refractivity contribution in [2.24, 2.45) is 12.9 Å². The highest BCUT2D eigenvalue weighted by molar-refractivity contribution is 5.77. The fourth-order valence-corrected chi connectivity index (χ4v) is 2.02. The van der Waals surface area contributed by atoms with E-state index in [1.807, 2.05) is 37.4 Å². The minimum atomic E-state index is -0.266. The molecule has 1 atom stereocenters. The third-order valence-corrected chi connectivity index (χ3v) is 2.94. The van der Waals surface area contributed by atoms with Crippen molar-refractivity contribution in [3.63, 3.8) is 0 Å². The third kappa shape index (κ3) is 1.68. The molecule has 18 heavy (non-hydrogen) atoms. The first kappa shape index (κ1) is 10.9. The molecule has 0 aliphatic carbocycles. The molecule has 0 spiro atoms. The van der Waals surface area contributed by atoms with Gasteiger partial charge in [-0.3, -0.25) is 10.5 Å². The van der Waals surface area contributed by atoms with Crippen LogP contribution in [0.4, 0.5) is 0 Å². The zero-order valence-electron chi connectivity index (χ0n) is 9.87. The molecule has 3 aromatic rings. The zero-order chi connectivity index (χ0) is 12.5. The van der Waals surface area contributed by atoms with Crippen molar-refractivity contribution in [2.45, 2.75) is 6.04 Å². The lowest BCUT2D eigenvalue weighted by Crippen LogP contribution is -2.30. The van der Waals surface area contributed by atoms with Crippen LogP contribution >= 0.6 is 0 Å². The van der Waals surface area contributed by atoms with Gasteiger partial charge in [0.1, 0.15) is 17.4 Å². The second-order valence-electron chi connectivity index (χ2n) is 4.07. The van der Waals surface area contributed by atoms with E-state index in [4.69, 9.17) is 10.3 Å². The quantitative estimate of drug-likeness (QED) is 0.532. The molecule has 0 amide bonds. The molecular formula is C12H13N5O.